The predicted molar refractivity (Wildman–Crippen MR) is 103 cm³/mol. The minimum absolute atomic E-state index is 0.139. The van der Waals surface area contributed by atoms with Gasteiger partial charge in [0.2, 0.25) is 0 Å². The Kier molecular flexibility index (Phi) is 5.03. The minimum Gasteiger partial charge on any atom is -0.383 e. The van der Waals surface area contributed by atoms with Crippen molar-refractivity contribution in [3.8, 4) is 11.1 Å². The Hall–Kier alpha value is -2.88. The van der Waals surface area contributed by atoms with E-state index in [1.165, 1.54) is 15.4 Å². The highest BCUT2D eigenvalue weighted by molar-refractivity contribution is 6.30. The number of nitrogens with zero attached hydrogens (tertiary/aromatic N) is 6. The SMILES string of the molecule is COCCn1cnc2c(nnc3c(-c4ccc(Cl)cc4)c(COC)nn32)c1=O. The molecule has 0 radical (unpaired) electrons. The standard InChI is InChI=1S/C18H17ClN6O3/c1-27-8-7-24-10-20-17-15(18(24)26)21-22-16-14(11-3-5-12(19)6-4-11)13(9-28-2)23-25(16)17/h3-6,10H,7-9H2,1-2H3. The van der Waals surface area contributed by atoms with Gasteiger partial charge in [-0.3, -0.25) is 9.36 Å². The van der Waals surface area contributed by atoms with Crippen molar-refractivity contribution >= 4 is 28.4 Å². The maximum Gasteiger partial charge on any atom is 0.283 e. The number of hydrogen-bond donors (Lipinski definition) is 0. The van der Waals surface area contributed by atoms with Gasteiger partial charge in [0, 0.05) is 19.2 Å². The molecule has 0 fully saturated rings. The van der Waals surface area contributed by atoms with Gasteiger partial charge in [-0.2, -0.15) is 9.61 Å². The lowest BCUT2D eigenvalue weighted by molar-refractivity contribution is 0.181. The summed E-state index contributed by atoms with van der Waals surface area (Å²) in [5.74, 6) is 0. The Morgan fingerprint density at radius 2 is 1.86 bits per heavy atom. The molecular weight excluding hydrogens is 384 g/mol. The fourth-order valence-corrected chi connectivity index (χ4v) is 3.13. The highest BCUT2D eigenvalue weighted by Crippen LogP contribution is 2.29. The first-order valence-electron chi connectivity index (χ1n) is 8.51. The lowest BCUT2D eigenvalue weighted by atomic mass is 10.1. The van der Waals surface area contributed by atoms with E-state index in [1.54, 1.807) is 26.4 Å². The summed E-state index contributed by atoms with van der Waals surface area (Å²) in [5.41, 5.74) is 2.96. The third-order valence-electron chi connectivity index (χ3n) is 4.32. The summed E-state index contributed by atoms with van der Waals surface area (Å²) < 4.78 is 13.3. The monoisotopic (exact) mass is 400 g/mol. The van der Waals surface area contributed by atoms with Crippen LogP contribution in [0.5, 0.6) is 0 Å². The van der Waals surface area contributed by atoms with E-state index in [4.69, 9.17) is 21.1 Å². The first-order chi connectivity index (χ1) is 13.6. The second kappa shape index (κ2) is 7.63. The first kappa shape index (κ1) is 18.5. The quantitative estimate of drug-likeness (QED) is 0.488. The summed E-state index contributed by atoms with van der Waals surface area (Å²) in [6, 6.07) is 7.33. The molecule has 0 atom stereocenters. The van der Waals surface area contributed by atoms with Gasteiger partial charge >= 0.3 is 0 Å². The van der Waals surface area contributed by atoms with Crippen molar-refractivity contribution < 1.29 is 9.47 Å². The smallest absolute Gasteiger partial charge is 0.283 e. The maximum atomic E-state index is 12.7. The fourth-order valence-electron chi connectivity index (χ4n) is 3.00. The first-order valence-corrected chi connectivity index (χ1v) is 8.89. The van der Waals surface area contributed by atoms with Crippen molar-refractivity contribution in [2.24, 2.45) is 0 Å². The van der Waals surface area contributed by atoms with E-state index in [0.717, 1.165) is 11.1 Å². The van der Waals surface area contributed by atoms with Crippen LogP contribution in [0.4, 0.5) is 0 Å². The molecule has 0 N–H and O–H groups in total. The second-order valence-electron chi connectivity index (χ2n) is 6.11. The van der Waals surface area contributed by atoms with Crippen LogP contribution in [0.1, 0.15) is 5.69 Å². The molecule has 1 aromatic carbocycles. The Morgan fingerprint density at radius 1 is 1.07 bits per heavy atom. The van der Waals surface area contributed by atoms with Gasteiger partial charge in [0.25, 0.3) is 5.56 Å². The largest absolute Gasteiger partial charge is 0.383 e. The van der Waals surface area contributed by atoms with Gasteiger partial charge in [-0.05, 0) is 17.7 Å². The zero-order valence-corrected chi connectivity index (χ0v) is 16.0. The van der Waals surface area contributed by atoms with Crippen molar-refractivity contribution in [1.29, 1.82) is 0 Å². The number of rotatable bonds is 6. The molecule has 0 spiro atoms. The average Bonchev–Trinajstić information content (AvgIpc) is 3.07. The molecule has 3 aromatic heterocycles. The Balaban J connectivity index is 1.96. The molecule has 28 heavy (non-hydrogen) atoms. The van der Waals surface area contributed by atoms with Crippen LogP contribution >= 0.6 is 11.6 Å². The molecule has 0 bridgehead atoms. The van der Waals surface area contributed by atoms with Crippen molar-refractivity contribution in [2.45, 2.75) is 13.2 Å². The molecule has 0 saturated heterocycles. The molecule has 9 nitrogen and oxygen atoms in total. The molecule has 0 aliphatic carbocycles. The van der Waals surface area contributed by atoms with Gasteiger partial charge in [-0.1, -0.05) is 23.7 Å². The molecule has 0 aliphatic rings. The van der Waals surface area contributed by atoms with E-state index in [2.05, 4.69) is 20.3 Å². The predicted octanol–water partition coefficient (Wildman–Crippen LogP) is 1.95. The minimum atomic E-state index is -0.298. The molecule has 0 amide bonds. The van der Waals surface area contributed by atoms with Gasteiger partial charge in [0.05, 0.1) is 31.0 Å². The van der Waals surface area contributed by atoms with E-state index in [-0.39, 0.29) is 17.7 Å². The maximum absolute atomic E-state index is 12.7. The van der Waals surface area contributed by atoms with Gasteiger partial charge in [-0.15, -0.1) is 10.2 Å². The van der Waals surface area contributed by atoms with E-state index >= 15 is 0 Å². The fraction of sp³-hybridized carbons (Fsp3) is 0.278. The van der Waals surface area contributed by atoms with Gasteiger partial charge in [0.1, 0.15) is 6.33 Å². The molecule has 144 valence electrons. The average molecular weight is 401 g/mol. The van der Waals surface area contributed by atoms with Gasteiger partial charge < -0.3 is 9.47 Å². The molecule has 0 saturated carbocycles. The molecule has 10 heteroatoms. The third-order valence-corrected chi connectivity index (χ3v) is 4.58. The number of fused-ring (bicyclic) bond motifs is 3. The summed E-state index contributed by atoms with van der Waals surface area (Å²) >= 11 is 6.01. The number of methoxy groups -OCH3 is 2. The third kappa shape index (κ3) is 3.13. The van der Waals surface area contributed by atoms with Gasteiger partial charge in [0.15, 0.2) is 16.8 Å². The van der Waals surface area contributed by atoms with Crippen molar-refractivity contribution in [3.63, 3.8) is 0 Å². The number of ether oxygens (including phenoxy) is 2. The molecular formula is C18H17ClN6O3. The topological polar surface area (TPSA) is 96.4 Å². The van der Waals surface area contributed by atoms with Crippen molar-refractivity contribution in [2.75, 3.05) is 20.8 Å². The highest BCUT2D eigenvalue weighted by Gasteiger charge is 2.20. The Labute approximate surface area is 164 Å². The van der Waals surface area contributed by atoms with Crippen LogP contribution < -0.4 is 5.56 Å². The number of hydrogen-bond acceptors (Lipinski definition) is 7. The second-order valence-corrected chi connectivity index (χ2v) is 6.54. The summed E-state index contributed by atoms with van der Waals surface area (Å²) in [6.07, 6.45) is 1.46. The highest BCUT2D eigenvalue weighted by atomic mass is 35.5. The van der Waals surface area contributed by atoms with Crippen LogP contribution in [0.25, 0.3) is 27.9 Å². The van der Waals surface area contributed by atoms with E-state index in [0.29, 0.717) is 35.2 Å². The molecule has 3 heterocycles. The summed E-state index contributed by atoms with van der Waals surface area (Å²) in [6.45, 7) is 1.04. The number of aromatic nitrogens is 6. The van der Waals surface area contributed by atoms with E-state index in [1.807, 2.05) is 12.1 Å². The lowest BCUT2D eigenvalue weighted by Gasteiger charge is -2.06. The summed E-state index contributed by atoms with van der Waals surface area (Å²) in [7, 11) is 3.16. The van der Waals surface area contributed by atoms with Gasteiger partial charge in [-0.25, -0.2) is 4.98 Å². The van der Waals surface area contributed by atoms with Crippen molar-refractivity contribution in [1.82, 2.24) is 29.4 Å². The molecule has 4 rings (SSSR count). The Bertz CT molecular complexity index is 1200. The van der Waals surface area contributed by atoms with Crippen molar-refractivity contribution in [3.05, 3.63) is 51.7 Å². The summed E-state index contributed by atoms with van der Waals surface area (Å²) in [5, 5.41) is 13.6. The van der Waals surface area contributed by atoms with Crippen LogP contribution in [0.2, 0.25) is 5.02 Å². The molecule has 0 aliphatic heterocycles. The van der Waals surface area contributed by atoms with Crippen LogP contribution in [-0.2, 0) is 22.6 Å². The molecule has 4 aromatic rings. The summed E-state index contributed by atoms with van der Waals surface area (Å²) in [4.78, 5) is 17.1. The van der Waals surface area contributed by atoms with Crippen LogP contribution in [0, 0.1) is 0 Å². The zero-order chi connectivity index (χ0) is 19.7. The number of halogens is 1. The Morgan fingerprint density at radius 3 is 2.57 bits per heavy atom. The van der Waals surface area contributed by atoms with Crippen LogP contribution in [-0.4, -0.2) is 50.2 Å². The molecule has 0 unspecified atom stereocenters. The zero-order valence-electron chi connectivity index (χ0n) is 15.3. The van der Waals surface area contributed by atoms with E-state index in [9.17, 15) is 4.79 Å². The normalized spacial score (nSPS) is 11.5. The van der Waals surface area contributed by atoms with Crippen LogP contribution in [0.15, 0.2) is 35.4 Å². The number of benzene rings is 1. The van der Waals surface area contributed by atoms with E-state index < -0.39 is 0 Å². The van der Waals surface area contributed by atoms with Crippen LogP contribution in [0.3, 0.4) is 0 Å². The lowest BCUT2D eigenvalue weighted by Crippen LogP contribution is -2.24.